The lowest BCUT2D eigenvalue weighted by molar-refractivity contribution is 0.0324. The number of rotatable bonds is 6. The van der Waals surface area contributed by atoms with Gasteiger partial charge in [0.05, 0.1) is 18.3 Å². The maximum Gasteiger partial charge on any atom is 0.259 e. The van der Waals surface area contributed by atoms with Crippen LogP contribution in [0.15, 0.2) is 36.7 Å². The number of likely N-dealkylation sites (N-methyl/N-ethyl adjacent to an activating group) is 1. The van der Waals surface area contributed by atoms with Gasteiger partial charge in [0, 0.05) is 49.4 Å². The van der Waals surface area contributed by atoms with E-state index in [9.17, 15) is 9.90 Å². The zero-order valence-electron chi connectivity index (χ0n) is 20.2. The van der Waals surface area contributed by atoms with Gasteiger partial charge in [-0.2, -0.15) is 0 Å². The van der Waals surface area contributed by atoms with Crippen LogP contribution in [0, 0.1) is 23.7 Å². The minimum atomic E-state index is -0.316. The van der Waals surface area contributed by atoms with E-state index in [4.69, 9.17) is 4.74 Å². The van der Waals surface area contributed by atoms with E-state index in [-0.39, 0.29) is 36.5 Å². The van der Waals surface area contributed by atoms with E-state index < -0.39 is 0 Å². The third-order valence-corrected chi connectivity index (χ3v) is 5.68. The molecule has 0 aliphatic carbocycles. The lowest BCUT2D eigenvalue weighted by Gasteiger charge is -2.37. The van der Waals surface area contributed by atoms with Crippen LogP contribution in [-0.4, -0.2) is 69.7 Å². The van der Waals surface area contributed by atoms with Crippen LogP contribution in [0.1, 0.15) is 49.3 Å². The van der Waals surface area contributed by atoms with Gasteiger partial charge in [-0.15, -0.1) is 0 Å². The van der Waals surface area contributed by atoms with Crippen molar-refractivity contribution in [1.82, 2.24) is 19.8 Å². The molecule has 1 amide bonds. The molecule has 0 radical (unpaired) electrons. The molecular formula is C26H34N4O3. The van der Waals surface area contributed by atoms with Crippen LogP contribution >= 0.6 is 0 Å². The van der Waals surface area contributed by atoms with Crippen molar-refractivity contribution in [3.63, 3.8) is 0 Å². The molecule has 7 nitrogen and oxygen atoms in total. The monoisotopic (exact) mass is 450 g/mol. The van der Waals surface area contributed by atoms with Gasteiger partial charge in [0.2, 0.25) is 5.88 Å². The van der Waals surface area contributed by atoms with Crippen molar-refractivity contribution < 1.29 is 14.6 Å². The normalized spacial score (nSPS) is 19.3. The number of pyridine rings is 2. The first-order valence-corrected chi connectivity index (χ1v) is 11.5. The van der Waals surface area contributed by atoms with Crippen LogP contribution in [0.2, 0.25) is 0 Å². The maximum atomic E-state index is 13.4. The summed E-state index contributed by atoms with van der Waals surface area (Å²) in [6.45, 7) is 9.64. The zero-order chi connectivity index (χ0) is 24.0. The topological polar surface area (TPSA) is 78.8 Å². The van der Waals surface area contributed by atoms with Crippen molar-refractivity contribution >= 4 is 5.91 Å². The first-order valence-electron chi connectivity index (χ1n) is 11.5. The highest BCUT2D eigenvalue weighted by Crippen LogP contribution is 2.27. The van der Waals surface area contributed by atoms with Gasteiger partial charge in [-0.25, -0.2) is 4.98 Å². The number of fused-ring (bicyclic) bond motifs is 1. The number of aliphatic hydroxyl groups excluding tert-OH is 1. The van der Waals surface area contributed by atoms with Crippen molar-refractivity contribution in [3.8, 4) is 17.7 Å². The molecular weight excluding hydrogens is 416 g/mol. The number of amides is 1. The number of aromatic nitrogens is 2. The number of carbonyl (C=O) groups excluding carboxylic acids is 1. The number of aliphatic hydroxyl groups is 1. The lowest BCUT2D eigenvalue weighted by atomic mass is 9.99. The van der Waals surface area contributed by atoms with Crippen LogP contribution in [-0.2, 0) is 6.54 Å². The number of hydrogen-bond acceptors (Lipinski definition) is 6. The van der Waals surface area contributed by atoms with Crippen molar-refractivity contribution in [1.29, 1.82) is 0 Å². The van der Waals surface area contributed by atoms with Gasteiger partial charge in [-0.05, 0) is 32.2 Å². The molecule has 0 bridgehead atoms. The van der Waals surface area contributed by atoms with E-state index in [1.807, 2.05) is 46.0 Å². The summed E-state index contributed by atoms with van der Waals surface area (Å²) in [7, 11) is 2.03. The van der Waals surface area contributed by atoms with Crippen LogP contribution in [0.5, 0.6) is 5.88 Å². The van der Waals surface area contributed by atoms with Gasteiger partial charge in [0.25, 0.3) is 5.91 Å². The number of hydrogen-bond donors (Lipinski definition) is 1. The molecule has 3 atom stereocenters. The van der Waals surface area contributed by atoms with Crippen molar-refractivity contribution in [2.75, 3.05) is 26.7 Å². The Kier molecular flexibility index (Phi) is 8.43. The second-order valence-corrected chi connectivity index (χ2v) is 9.14. The summed E-state index contributed by atoms with van der Waals surface area (Å²) in [5.41, 5.74) is 2.04. The first kappa shape index (κ1) is 24.7. The van der Waals surface area contributed by atoms with E-state index in [0.717, 1.165) is 5.69 Å². The molecule has 2 aromatic heterocycles. The molecule has 0 aromatic carbocycles. The Morgan fingerprint density at radius 2 is 2.09 bits per heavy atom. The third kappa shape index (κ3) is 6.53. The Balaban J connectivity index is 1.91. The van der Waals surface area contributed by atoms with Gasteiger partial charge in [0.1, 0.15) is 11.7 Å². The maximum absolute atomic E-state index is 13.4. The highest BCUT2D eigenvalue weighted by atomic mass is 16.5. The van der Waals surface area contributed by atoms with Gasteiger partial charge >= 0.3 is 0 Å². The molecule has 7 heteroatoms. The summed E-state index contributed by atoms with van der Waals surface area (Å²) in [5, 5.41) is 9.80. The Hall–Kier alpha value is -2.95. The van der Waals surface area contributed by atoms with Crippen LogP contribution < -0.4 is 4.74 Å². The minimum Gasteiger partial charge on any atom is -0.472 e. The molecule has 3 heterocycles. The molecule has 0 saturated carbocycles. The van der Waals surface area contributed by atoms with Gasteiger partial charge < -0.3 is 14.7 Å². The standard InChI is InChI=1S/C26H34N4O3/c1-18(2)9-10-21-12-23-25(28-13-21)33-24(16-29(5)15-22-8-6-7-11-27-22)19(3)14-30(26(23)32)20(4)17-31/h6-8,11-13,18-20,24,31H,14-17H2,1-5H3/t19-,20+,24-/m0/s1. The second-order valence-electron chi connectivity index (χ2n) is 9.14. The van der Waals surface area contributed by atoms with Crippen LogP contribution in [0.4, 0.5) is 0 Å². The first-order chi connectivity index (χ1) is 15.8. The fourth-order valence-corrected chi connectivity index (χ4v) is 3.76. The predicted octanol–water partition coefficient (Wildman–Crippen LogP) is 2.84. The van der Waals surface area contributed by atoms with E-state index in [2.05, 4.69) is 33.6 Å². The van der Waals surface area contributed by atoms with Crippen molar-refractivity contribution in [3.05, 3.63) is 53.5 Å². The Morgan fingerprint density at radius 3 is 2.76 bits per heavy atom. The minimum absolute atomic E-state index is 0.0319. The molecule has 33 heavy (non-hydrogen) atoms. The molecule has 1 N–H and O–H groups in total. The SMILES string of the molecule is CC(C)C#Cc1cnc2c(c1)C(=O)N([C@H](C)CO)C[C@H](C)[C@H](CN(C)Cc1ccccn1)O2. The molecule has 2 aromatic rings. The van der Waals surface area contributed by atoms with Crippen LogP contribution in [0.3, 0.4) is 0 Å². The molecule has 1 aliphatic heterocycles. The molecule has 1 aliphatic rings. The highest BCUT2D eigenvalue weighted by molar-refractivity contribution is 5.97. The number of nitrogens with zero attached hydrogens (tertiary/aromatic N) is 4. The Bertz CT molecular complexity index is 1000. The molecule has 0 fully saturated rings. The lowest BCUT2D eigenvalue weighted by Crippen LogP contribution is -2.49. The van der Waals surface area contributed by atoms with E-state index in [0.29, 0.717) is 36.6 Å². The van der Waals surface area contributed by atoms with Crippen LogP contribution in [0.25, 0.3) is 0 Å². The van der Waals surface area contributed by atoms with Gasteiger partial charge in [-0.1, -0.05) is 38.7 Å². The Morgan fingerprint density at radius 1 is 1.30 bits per heavy atom. The average Bonchev–Trinajstić information content (AvgIpc) is 2.80. The summed E-state index contributed by atoms with van der Waals surface area (Å²) >= 11 is 0. The molecule has 3 rings (SSSR count). The molecule has 176 valence electrons. The smallest absolute Gasteiger partial charge is 0.259 e. The van der Waals surface area contributed by atoms with Crippen molar-refractivity contribution in [2.24, 2.45) is 11.8 Å². The fraction of sp³-hybridized carbons (Fsp3) is 0.500. The predicted molar refractivity (Wildman–Crippen MR) is 128 cm³/mol. The summed E-state index contributed by atoms with van der Waals surface area (Å²) in [6, 6.07) is 7.31. The van der Waals surface area contributed by atoms with Crippen molar-refractivity contribution in [2.45, 2.75) is 46.4 Å². The van der Waals surface area contributed by atoms with Gasteiger partial charge in [-0.3, -0.25) is 14.7 Å². The van der Waals surface area contributed by atoms with E-state index >= 15 is 0 Å². The van der Waals surface area contributed by atoms with E-state index in [1.54, 1.807) is 23.4 Å². The summed E-state index contributed by atoms with van der Waals surface area (Å²) < 4.78 is 6.34. The highest BCUT2D eigenvalue weighted by Gasteiger charge is 2.34. The van der Waals surface area contributed by atoms with E-state index in [1.165, 1.54) is 0 Å². The second kappa shape index (κ2) is 11.3. The molecule has 0 saturated heterocycles. The number of carbonyl (C=O) groups is 1. The fourth-order valence-electron chi connectivity index (χ4n) is 3.76. The average molecular weight is 451 g/mol. The summed E-state index contributed by atoms with van der Waals surface area (Å²) in [5.74, 6) is 6.56. The summed E-state index contributed by atoms with van der Waals surface area (Å²) in [4.78, 5) is 26.2. The molecule has 0 unspecified atom stereocenters. The largest absolute Gasteiger partial charge is 0.472 e. The summed E-state index contributed by atoms with van der Waals surface area (Å²) in [6.07, 6.45) is 3.25. The number of ether oxygens (including phenoxy) is 1. The Labute approximate surface area is 196 Å². The third-order valence-electron chi connectivity index (χ3n) is 5.68. The molecule has 0 spiro atoms. The van der Waals surface area contributed by atoms with Gasteiger partial charge in [0.15, 0.2) is 0 Å². The quantitative estimate of drug-likeness (QED) is 0.682. The zero-order valence-corrected chi connectivity index (χ0v) is 20.2.